The Labute approximate surface area is 124 Å². The quantitative estimate of drug-likeness (QED) is 0.828. The third kappa shape index (κ3) is 3.69. The van der Waals surface area contributed by atoms with Gasteiger partial charge in [0, 0.05) is 17.3 Å². The Bertz CT molecular complexity index is 614. The van der Waals surface area contributed by atoms with Gasteiger partial charge in [-0.25, -0.2) is 0 Å². The second-order valence-electron chi connectivity index (χ2n) is 4.40. The van der Waals surface area contributed by atoms with E-state index >= 15 is 0 Å². The van der Waals surface area contributed by atoms with Crippen molar-refractivity contribution in [1.29, 1.82) is 0 Å². The highest BCUT2D eigenvalue weighted by Gasteiger charge is 2.01. The molecule has 0 atom stereocenters. The summed E-state index contributed by atoms with van der Waals surface area (Å²) in [7, 11) is 0. The standard InChI is InChI=1S/C17H16ClNO/c1-3-11-20-15-9-7-14(8-10-15)12-19-17-6-4-5-16(18)13(17)2/h1,4-10,19H,11-12H2,2H3. The number of nitrogens with one attached hydrogen (secondary N) is 1. The van der Waals surface area contributed by atoms with Crippen molar-refractivity contribution in [1.82, 2.24) is 0 Å². The molecule has 0 amide bonds. The molecule has 0 radical (unpaired) electrons. The van der Waals surface area contributed by atoms with Crippen molar-refractivity contribution < 1.29 is 4.74 Å². The van der Waals surface area contributed by atoms with Gasteiger partial charge >= 0.3 is 0 Å². The van der Waals surface area contributed by atoms with Crippen LogP contribution >= 0.6 is 11.6 Å². The van der Waals surface area contributed by atoms with Crippen LogP contribution in [-0.4, -0.2) is 6.61 Å². The highest BCUT2D eigenvalue weighted by atomic mass is 35.5. The lowest BCUT2D eigenvalue weighted by Gasteiger charge is -2.11. The SMILES string of the molecule is C#CCOc1ccc(CNc2cccc(Cl)c2C)cc1. The molecular formula is C17H16ClNO. The second-order valence-corrected chi connectivity index (χ2v) is 4.81. The molecule has 2 rings (SSSR count). The maximum Gasteiger partial charge on any atom is 0.148 e. The van der Waals surface area contributed by atoms with Gasteiger partial charge in [-0.05, 0) is 42.3 Å². The first-order valence-electron chi connectivity index (χ1n) is 6.35. The van der Waals surface area contributed by atoms with Crippen LogP contribution in [-0.2, 0) is 6.54 Å². The number of halogens is 1. The minimum atomic E-state index is 0.291. The second kappa shape index (κ2) is 6.88. The third-order valence-electron chi connectivity index (χ3n) is 3.00. The van der Waals surface area contributed by atoms with Crippen LogP contribution in [0.2, 0.25) is 5.02 Å². The zero-order valence-corrected chi connectivity index (χ0v) is 12.1. The van der Waals surface area contributed by atoms with Crippen LogP contribution in [0.5, 0.6) is 5.75 Å². The molecule has 0 spiro atoms. The van der Waals surface area contributed by atoms with Crippen LogP contribution in [0.1, 0.15) is 11.1 Å². The van der Waals surface area contributed by atoms with Crippen LogP contribution in [0.15, 0.2) is 42.5 Å². The molecular weight excluding hydrogens is 270 g/mol. The Kier molecular flexibility index (Phi) is 4.92. The van der Waals surface area contributed by atoms with E-state index in [1.165, 1.54) is 0 Å². The van der Waals surface area contributed by atoms with Gasteiger partial charge in [-0.2, -0.15) is 0 Å². The Hall–Kier alpha value is -2.11. The summed E-state index contributed by atoms with van der Waals surface area (Å²) in [6, 6.07) is 13.7. The molecule has 0 fully saturated rings. The van der Waals surface area contributed by atoms with E-state index in [4.69, 9.17) is 22.8 Å². The maximum absolute atomic E-state index is 6.09. The molecule has 20 heavy (non-hydrogen) atoms. The molecule has 0 aromatic heterocycles. The molecule has 0 saturated heterocycles. The molecule has 2 aromatic carbocycles. The van der Waals surface area contributed by atoms with Crippen molar-refractivity contribution in [2.24, 2.45) is 0 Å². The summed E-state index contributed by atoms with van der Waals surface area (Å²) in [5, 5.41) is 4.15. The maximum atomic E-state index is 6.09. The van der Waals surface area contributed by atoms with Gasteiger partial charge in [-0.1, -0.05) is 35.7 Å². The van der Waals surface area contributed by atoms with Gasteiger partial charge in [0.15, 0.2) is 0 Å². The highest BCUT2D eigenvalue weighted by Crippen LogP contribution is 2.23. The number of terminal acetylenes is 1. The zero-order valence-electron chi connectivity index (χ0n) is 11.3. The van der Waals surface area contributed by atoms with Crippen molar-refractivity contribution in [3.8, 4) is 18.1 Å². The summed E-state index contributed by atoms with van der Waals surface area (Å²) in [5.74, 6) is 3.22. The Morgan fingerprint density at radius 1 is 1.20 bits per heavy atom. The number of anilines is 1. The number of ether oxygens (including phenoxy) is 1. The molecule has 2 aromatic rings. The van der Waals surface area contributed by atoms with Crippen molar-refractivity contribution >= 4 is 17.3 Å². The molecule has 0 aliphatic heterocycles. The Morgan fingerprint density at radius 3 is 2.65 bits per heavy atom. The van der Waals surface area contributed by atoms with Gasteiger partial charge in [0.25, 0.3) is 0 Å². The molecule has 0 unspecified atom stereocenters. The van der Waals surface area contributed by atoms with E-state index in [2.05, 4.69) is 11.2 Å². The normalized spacial score (nSPS) is 9.85. The lowest BCUT2D eigenvalue weighted by Crippen LogP contribution is -2.01. The van der Waals surface area contributed by atoms with E-state index in [0.29, 0.717) is 6.61 Å². The number of benzene rings is 2. The molecule has 102 valence electrons. The van der Waals surface area contributed by atoms with E-state index in [1.54, 1.807) is 0 Å². The van der Waals surface area contributed by atoms with Crippen molar-refractivity contribution in [2.75, 3.05) is 11.9 Å². The minimum Gasteiger partial charge on any atom is -0.481 e. The lowest BCUT2D eigenvalue weighted by atomic mass is 10.1. The average molecular weight is 286 g/mol. The molecule has 1 N–H and O–H groups in total. The average Bonchev–Trinajstić information content (AvgIpc) is 2.48. The minimum absolute atomic E-state index is 0.291. The topological polar surface area (TPSA) is 21.3 Å². The van der Waals surface area contributed by atoms with Gasteiger partial charge in [-0.3, -0.25) is 0 Å². The Morgan fingerprint density at radius 2 is 1.95 bits per heavy atom. The molecule has 0 saturated carbocycles. The monoisotopic (exact) mass is 285 g/mol. The van der Waals surface area contributed by atoms with Gasteiger partial charge in [0.05, 0.1) is 0 Å². The van der Waals surface area contributed by atoms with Crippen molar-refractivity contribution in [3.05, 3.63) is 58.6 Å². The first kappa shape index (κ1) is 14.3. The predicted octanol–water partition coefficient (Wildman–Crippen LogP) is 4.27. The van der Waals surface area contributed by atoms with Gasteiger partial charge in [0.2, 0.25) is 0 Å². The molecule has 0 bridgehead atoms. The summed E-state index contributed by atoms with van der Waals surface area (Å²) in [5.41, 5.74) is 3.27. The summed E-state index contributed by atoms with van der Waals surface area (Å²) in [6.45, 7) is 3.03. The summed E-state index contributed by atoms with van der Waals surface area (Å²) in [4.78, 5) is 0. The van der Waals surface area contributed by atoms with Crippen molar-refractivity contribution in [3.63, 3.8) is 0 Å². The van der Waals surface area contributed by atoms with Gasteiger partial charge in [0.1, 0.15) is 12.4 Å². The Balaban J connectivity index is 1.97. The van der Waals surface area contributed by atoms with Crippen LogP contribution in [0.25, 0.3) is 0 Å². The fourth-order valence-corrected chi connectivity index (χ4v) is 2.00. The zero-order chi connectivity index (χ0) is 14.4. The number of rotatable bonds is 5. The first-order chi connectivity index (χ1) is 9.70. The van der Waals surface area contributed by atoms with Gasteiger partial charge < -0.3 is 10.1 Å². The molecule has 0 aliphatic rings. The van der Waals surface area contributed by atoms with Crippen LogP contribution in [0, 0.1) is 19.3 Å². The van der Waals surface area contributed by atoms with E-state index < -0.39 is 0 Å². The molecule has 0 heterocycles. The van der Waals surface area contributed by atoms with E-state index in [-0.39, 0.29) is 0 Å². The summed E-state index contributed by atoms with van der Waals surface area (Å²) < 4.78 is 5.33. The largest absolute Gasteiger partial charge is 0.481 e. The molecule has 2 nitrogen and oxygen atoms in total. The summed E-state index contributed by atoms with van der Waals surface area (Å²) >= 11 is 6.09. The predicted molar refractivity (Wildman–Crippen MR) is 84.3 cm³/mol. The third-order valence-corrected chi connectivity index (χ3v) is 3.41. The molecule has 0 aliphatic carbocycles. The first-order valence-corrected chi connectivity index (χ1v) is 6.72. The smallest absolute Gasteiger partial charge is 0.148 e. The molecule has 3 heteroatoms. The fraction of sp³-hybridized carbons (Fsp3) is 0.176. The lowest BCUT2D eigenvalue weighted by molar-refractivity contribution is 0.370. The van der Waals surface area contributed by atoms with E-state index in [9.17, 15) is 0 Å². The summed E-state index contributed by atoms with van der Waals surface area (Å²) in [6.07, 6.45) is 5.15. The van der Waals surface area contributed by atoms with Gasteiger partial charge in [-0.15, -0.1) is 6.42 Å². The van der Waals surface area contributed by atoms with Crippen LogP contribution < -0.4 is 10.1 Å². The van der Waals surface area contributed by atoms with Crippen LogP contribution in [0.3, 0.4) is 0 Å². The van der Waals surface area contributed by atoms with Crippen LogP contribution in [0.4, 0.5) is 5.69 Å². The number of hydrogen-bond donors (Lipinski definition) is 1. The van der Waals surface area contributed by atoms with Crippen molar-refractivity contribution in [2.45, 2.75) is 13.5 Å². The fourth-order valence-electron chi connectivity index (χ4n) is 1.82. The van der Waals surface area contributed by atoms with E-state index in [1.807, 2.05) is 49.4 Å². The highest BCUT2D eigenvalue weighted by molar-refractivity contribution is 6.31. The number of hydrogen-bond acceptors (Lipinski definition) is 2. The van der Waals surface area contributed by atoms with E-state index in [0.717, 1.165) is 34.1 Å².